The number of anilines is 1. The van der Waals surface area contributed by atoms with Crippen LogP contribution in [0.3, 0.4) is 0 Å². The summed E-state index contributed by atoms with van der Waals surface area (Å²) in [4.78, 5) is 25.9. The van der Waals surface area contributed by atoms with Gasteiger partial charge in [-0.15, -0.1) is 0 Å². The van der Waals surface area contributed by atoms with Crippen LogP contribution >= 0.6 is 0 Å². The Morgan fingerprint density at radius 3 is 2.36 bits per heavy atom. The quantitative estimate of drug-likeness (QED) is 0.855. The van der Waals surface area contributed by atoms with Gasteiger partial charge in [0.1, 0.15) is 0 Å². The van der Waals surface area contributed by atoms with Gasteiger partial charge in [-0.25, -0.2) is 8.42 Å². The van der Waals surface area contributed by atoms with Crippen LogP contribution in [-0.2, 0) is 14.8 Å². The summed E-state index contributed by atoms with van der Waals surface area (Å²) in [6.07, 6.45) is 2.81. The van der Waals surface area contributed by atoms with Crippen LogP contribution in [0, 0.1) is 5.41 Å². The van der Waals surface area contributed by atoms with Crippen LogP contribution in [0.15, 0.2) is 24.3 Å². The highest BCUT2D eigenvalue weighted by molar-refractivity contribution is 7.92. The smallest absolute Gasteiger partial charge is 0.311 e. The van der Waals surface area contributed by atoms with Crippen molar-refractivity contribution in [2.45, 2.75) is 26.2 Å². The Morgan fingerprint density at radius 2 is 1.88 bits per heavy atom. The van der Waals surface area contributed by atoms with Gasteiger partial charge in [0, 0.05) is 25.7 Å². The van der Waals surface area contributed by atoms with Gasteiger partial charge in [-0.3, -0.25) is 13.9 Å². The lowest BCUT2D eigenvalue weighted by molar-refractivity contribution is -0.152. The van der Waals surface area contributed by atoms with Gasteiger partial charge in [0.2, 0.25) is 10.0 Å². The van der Waals surface area contributed by atoms with Crippen molar-refractivity contribution < 1.29 is 23.1 Å². The van der Waals surface area contributed by atoms with E-state index < -0.39 is 21.4 Å². The second-order valence-corrected chi connectivity index (χ2v) is 8.56. The monoisotopic (exact) mass is 368 g/mol. The van der Waals surface area contributed by atoms with Crippen LogP contribution in [0.1, 0.15) is 36.5 Å². The van der Waals surface area contributed by atoms with E-state index in [4.69, 9.17) is 0 Å². The van der Waals surface area contributed by atoms with Gasteiger partial charge >= 0.3 is 5.97 Å². The lowest BCUT2D eigenvalue weighted by atomic mass is 9.77. The van der Waals surface area contributed by atoms with Gasteiger partial charge < -0.3 is 10.0 Å². The van der Waals surface area contributed by atoms with Crippen LogP contribution < -0.4 is 4.31 Å². The third-order valence-corrected chi connectivity index (χ3v) is 6.18. The van der Waals surface area contributed by atoms with Crippen molar-refractivity contribution in [2.75, 3.05) is 30.7 Å². The third kappa shape index (κ3) is 3.95. The number of hydrogen-bond donors (Lipinski definition) is 1. The molecule has 25 heavy (non-hydrogen) atoms. The minimum atomic E-state index is -3.37. The molecule has 1 saturated heterocycles. The number of rotatable bonds is 5. The van der Waals surface area contributed by atoms with Crippen LogP contribution in [0.5, 0.6) is 0 Å². The number of likely N-dealkylation sites (tertiary alicyclic amines) is 1. The average molecular weight is 368 g/mol. The molecule has 1 aliphatic heterocycles. The molecule has 138 valence electrons. The summed E-state index contributed by atoms with van der Waals surface area (Å²) >= 11 is 0. The van der Waals surface area contributed by atoms with Crippen molar-refractivity contribution >= 4 is 27.6 Å². The molecule has 2 rings (SSSR count). The zero-order chi connectivity index (χ0) is 18.8. The van der Waals surface area contributed by atoms with E-state index in [1.54, 1.807) is 29.2 Å². The second-order valence-electron chi connectivity index (χ2n) is 6.55. The molecular formula is C17H24N2O5S. The van der Waals surface area contributed by atoms with Crippen molar-refractivity contribution in [3.8, 4) is 0 Å². The number of carboxylic acid groups (broad SMARTS) is 1. The first kappa shape index (κ1) is 19.2. The maximum atomic E-state index is 12.7. The minimum absolute atomic E-state index is 0.197. The van der Waals surface area contributed by atoms with Gasteiger partial charge in [-0.2, -0.15) is 0 Å². The summed E-state index contributed by atoms with van der Waals surface area (Å²) in [5, 5.41) is 9.53. The normalized spacial score (nSPS) is 21.0. The number of nitrogens with zero attached hydrogens (tertiary/aromatic N) is 2. The van der Waals surface area contributed by atoms with E-state index >= 15 is 0 Å². The molecule has 0 spiro atoms. The Hall–Kier alpha value is -2.09. The third-order valence-electron chi connectivity index (χ3n) is 4.97. The SMILES string of the molecule is CCC1(C(=O)O)CCCN(C(=O)c2ccc(N(C)S(C)(=O)=O)cc2)C1. The first-order chi connectivity index (χ1) is 11.6. The number of benzene rings is 1. The molecule has 1 aromatic rings. The molecule has 8 heteroatoms. The van der Waals surface area contributed by atoms with E-state index in [0.29, 0.717) is 37.1 Å². The van der Waals surface area contributed by atoms with E-state index in [1.807, 2.05) is 6.92 Å². The summed E-state index contributed by atoms with van der Waals surface area (Å²) < 4.78 is 24.3. The molecule has 1 unspecified atom stereocenters. The van der Waals surface area contributed by atoms with E-state index in [-0.39, 0.29) is 12.5 Å². The number of piperidine rings is 1. The Labute approximate surface area is 148 Å². The predicted octanol–water partition coefficient (Wildman–Crippen LogP) is 1.80. The molecule has 0 radical (unpaired) electrons. The van der Waals surface area contributed by atoms with Crippen molar-refractivity contribution in [3.63, 3.8) is 0 Å². The van der Waals surface area contributed by atoms with Gasteiger partial charge in [-0.05, 0) is 43.5 Å². The highest BCUT2D eigenvalue weighted by Gasteiger charge is 2.42. The highest BCUT2D eigenvalue weighted by Crippen LogP contribution is 2.34. The summed E-state index contributed by atoms with van der Waals surface area (Å²) in [6.45, 7) is 2.55. The second kappa shape index (κ2) is 7.03. The lowest BCUT2D eigenvalue weighted by Gasteiger charge is -2.39. The van der Waals surface area contributed by atoms with Crippen LogP contribution in [0.4, 0.5) is 5.69 Å². The predicted molar refractivity (Wildman–Crippen MR) is 95.2 cm³/mol. The molecule has 1 atom stereocenters. The molecule has 1 aliphatic rings. The Morgan fingerprint density at radius 1 is 1.28 bits per heavy atom. The Kier molecular flexibility index (Phi) is 5.41. The number of carboxylic acids is 1. The molecule has 0 bridgehead atoms. The number of carbonyl (C=O) groups is 2. The van der Waals surface area contributed by atoms with Crippen molar-refractivity contribution in [1.82, 2.24) is 4.90 Å². The van der Waals surface area contributed by atoms with E-state index in [0.717, 1.165) is 10.6 Å². The maximum Gasteiger partial charge on any atom is 0.311 e. The van der Waals surface area contributed by atoms with E-state index in [2.05, 4.69) is 0 Å². The molecule has 0 saturated carbocycles. The highest BCUT2D eigenvalue weighted by atomic mass is 32.2. The number of carbonyl (C=O) groups excluding carboxylic acids is 1. The van der Waals surface area contributed by atoms with Gasteiger partial charge in [0.05, 0.1) is 17.4 Å². The zero-order valence-corrected chi connectivity index (χ0v) is 15.5. The van der Waals surface area contributed by atoms with Crippen molar-refractivity contribution in [3.05, 3.63) is 29.8 Å². The van der Waals surface area contributed by atoms with Crippen LogP contribution in [-0.4, -0.2) is 56.7 Å². The topological polar surface area (TPSA) is 95.0 Å². The maximum absolute atomic E-state index is 12.7. The Balaban J connectivity index is 2.19. The molecule has 1 heterocycles. The summed E-state index contributed by atoms with van der Waals surface area (Å²) in [5.41, 5.74) is -0.00116. The largest absolute Gasteiger partial charge is 0.481 e. The van der Waals surface area contributed by atoms with Crippen LogP contribution in [0.2, 0.25) is 0 Å². The number of sulfonamides is 1. The fourth-order valence-electron chi connectivity index (χ4n) is 3.11. The fraction of sp³-hybridized carbons (Fsp3) is 0.529. The van der Waals surface area contributed by atoms with Crippen molar-refractivity contribution in [2.24, 2.45) is 5.41 Å². The zero-order valence-electron chi connectivity index (χ0n) is 14.7. The molecule has 1 aromatic carbocycles. The number of hydrogen-bond acceptors (Lipinski definition) is 4. The lowest BCUT2D eigenvalue weighted by Crippen LogP contribution is -2.49. The first-order valence-electron chi connectivity index (χ1n) is 8.17. The minimum Gasteiger partial charge on any atom is -0.481 e. The Bertz CT molecular complexity index is 760. The number of amides is 1. The standard InChI is InChI=1S/C17H24N2O5S/c1-4-17(16(21)22)10-5-11-19(12-17)15(20)13-6-8-14(9-7-13)18(2)25(3,23)24/h6-9H,4-5,10-12H2,1-3H3,(H,21,22). The molecule has 1 amide bonds. The van der Waals surface area contributed by atoms with Crippen LogP contribution in [0.25, 0.3) is 0 Å². The molecule has 0 aliphatic carbocycles. The van der Waals surface area contributed by atoms with Gasteiger partial charge in [0.25, 0.3) is 5.91 Å². The summed E-state index contributed by atoms with van der Waals surface area (Å²) in [5.74, 6) is -1.09. The van der Waals surface area contributed by atoms with Gasteiger partial charge in [0.15, 0.2) is 0 Å². The molecule has 7 nitrogen and oxygen atoms in total. The number of aliphatic carboxylic acids is 1. The fourth-order valence-corrected chi connectivity index (χ4v) is 3.61. The van der Waals surface area contributed by atoms with Gasteiger partial charge in [-0.1, -0.05) is 6.92 Å². The molecule has 0 aromatic heterocycles. The first-order valence-corrected chi connectivity index (χ1v) is 10.0. The summed E-state index contributed by atoms with van der Waals surface area (Å²) in [7, 11) is -1.92. The molecule has 1 fully saturated rings. The molecule has 1 N–H and O–H groups in total. The van der Waals surface area contributed by atoms with Crippen molar-refractivity contribution in [1.29, 1.82) is 0 Å². The summed E-state index contributed by atoms with van der Waals surface area (Å²) in [6, 6.07) is 6.29. The molecular weight excluding hydrogens is 344 g/mol. The van der Waals surface area contributed by atoms with E-state index in [9.17, 15) is 23.1 Å². The average Bonchev–Trinajstić information content (AvgIpc) is 2.59. The van der Waals surface area contributed by atoms with E-state index in [1.165, 1.54) is 7.05 Å².